The molecule has 0 saturated heterocycles. The van der Waals surface area contributed by atoms with Crippen LogP contribution in [0.5, 0.6) is 0 Å². The van der Waals surface area contributed by atoms with Gasteiger partial charge in [-0.2, -0.15) is 0 Å². The van der Waals surface area contributed by atoms with Crippen molar-refractivity contribution in [2.24, 2.45) is 0 Å². The van der Waals surface area contributed by atoms with E-state index in [9.17, 15) is 0 Å². The molecule has 16 rings (SSSR count). The van der Waals surface area contributed by atoms with Crippen molar-refractivity contribution in [1.82, 2.24) is 0 Å². The van der Waals surface area contributed by atoms with Gasteiger partial charge >= 0.3 is 0 Å². The molecule has 336 valence electrons. The summed E-state index contributed by atoms with van der Waals surface area (Å²) in [4.78, 5) is 0. The van der Waals surface area contributed by atoms with E-state index in [1.54, 1.807) is 22.3 Å². The van der Waals surface area contributed by atoms with E-state index in [2.05, 4.69) is 214 Å². The van der Waals surface area contributed by atoms with Crippen molar-refractivity contribution < 1.29 is 0 Å². The lowest BCUT2D eigenvalue weighted by atomic mass is 9.67. The topological polar surface area (TPSA) is 0 Å². The summed E-state index contributed by atoms with van der Waals surface area (Å²) in [5.74, 6) is 0. The van der Waals surface area contributed by atoms with Crippen molar-refractivity contribution in [2.75, 3.05) is 0 Å². The molecular formula is C68H50Br2. The van der Waals surface area contributed by atoms with Gasteiger partial charge in [-0.3, -0.25) is 0 Å². The van der Waals surface area contributed by atoms with Crippen LogP contribution in [0.2, 0.25) is 0 Å². The molecule has 2 heteroatoms. The van der Waals surface area contributed by atoms with Gasteiger partial charge in [0.1, 0.15) is 0 Å². The molecule has 2 spiro atoms. The number of hydrogen-bond acceptors (Lipinski definition) is 0. The highest BCUT2D eigenvalue weighted by Crippen LogP contribution is 2.59. The molecular weight excluding hydrogens is 977 g/mol. The Morgan fingerprint density at radius 1 is 0.271 bits per heavy atom. The predicted molar refractivity (Wildman–Crippen MR) is 305 cm³/mol. The fourth-order valence-corrected chi connectivity index (χ4v) is 15.4. The summed E-state index contributed by atoms with van der Waals surface area (Å²) in [5.41, 5.74) is 17.6. The Balaban J connectivity index is 0.000000184. The van der Waals surface area contributed by atoms with E-state index in [1.807, 2.05) is 0 Å². The first-order valence-corrected chi connectivity index (χ1v) is 27.3. The highest BCUT2D eigenvalue weighted by Gasteiger charge is 2.45. The second kappa shape index (κ2) is 15.6. The lowest BCUT2D eigenvalue weighted by Crippen LogP contribution is -2.28. The van der Waals surface area contributed by atoms with Crippen LogP contribution < -0.4 is 0 Å². The van der Waals surface area contributed by atoms with Gasteiger partial charge in [-0.25, -0.2) is 0 Å². The maximum absolute atomic E-state index is 3.66. The fourth-order valence-electron chi connectivity index (χ4n) is 14.6. The molecule has 0 bridgehead atoms. The summed E-state index contributed by atoms with van der Waals surface area (Å²) in [6, 6.07) is 69.8. The molecule has 0 unspecified atom stereocenters. The Kier molecular flexibility index (Phi) is 9.23. The SMILES string of the molecule is Brc1ccc2c(c1)C1(CCCCC1)c1cc(Br)ccc1-2.c1cc2ccc3ccc(-c4ccc5c(c4)C4(CCCCC4)c4cc(-c6cc7cccc8ccc9cccc6c9c87)ccc4-5)c4ccc(c1)c2c34. The van der Waals surface area contributed by atoms with E-state index < -0.39 is 0 Å². The third-order valence-corrected chi connectivity index (χ3v) is 18.7. The molecule has 2 fully saturated rings. The van der Waals surface area contributed by atoms with Gasteiger partial charge in [-0.15, -0.1) is 0 Å². The minimum atomic E-state index is 0.0535. The molecule has 70 heavy (non-hydrogen) atoms. The second-order valence-corrected chi connectivity index (χ2v) is 23.0. The van der Waals surface area contributed by atoms with E-state index in [4.69, 9.17) is 0 Å². The lowest BCUT2D eigenvalue weighted by Gasteiger charge is -2.36. The van der Waals surface area contributed by atoms with Crippen LogP contribution in [0.1, 0.15) is 86.5 Å². The van der Waals surface area contributed by atoms with E-state index in [-0.39, 0.29) is 10.8 Å². The summed E-state index contributed by atoms with van der Waals surface area (Å²) in [6.45, 7) is 0. The Morgan fingerprint density at radius 2 is 0.643 bits per heavy atom. The van der Waals surface area contributed by atoms with Gasteiger partial charge in [0.25, 0.3) is 0 Å². The van der Waals surface area contributed by atoms with Crippen molar-refractivity contribution in [3.05, 3.63) is 213 Å². The summed E-state index contributed by atoms with van der Waals surface area (Å²) in [5, 5.41) is 16.2. The first-order valence-electron chi connectivity index (χ1n) is 25.7. The third-order valence-electron chi connectivity index (χ3n) is 17.7. The first kappa shape index (κ1) is 41.5. The van der Waals surface area contributed by atoms with E-state index >= 15 is 0 Å². The standard InChI is InChI=1S/C50H34.C18H16Br2/c1-2-25-50(26-3-1)44-28-35(38-21-17-34-16-14-30-7-4-8-32-18-24-42(38)49(34)46(30)32)19-22-39(44)40-23-20-36(29-45(40)50)43-27-37-11-5-9-31-13-15-33-10-6-12-41(43)48(33)47(31)37;19-12-4-6-14-15-7-5-13(20)11-17(15)18(16(14)10-12)8-2-1-3-9-18/h4-24,27-29H,1-3,25-26H2;4-7,10-11H,1-3,8-9H2. The van der Waals surface area contributed by atoms with Crippen molar-refractivity contribution in [1.29, 1.82) is 0 Å². The van der Waals surface area contributed by atoms with Gasteiger partial charge in [0, 0.05) is 19.8 Å². The van der Waals surface area contributed by atoms with Crippen molar-refractivity contribution >= 4 is 96.5 Å². The molecule has 0 nitrogen and oxygen atoms in total. The number of rotatable bonds is 2. The molecule has 0 amide bonds. The van der Waals surface area contributed by atoms with Crippen LogP contribution >= 0.6 is 31.9 Å². The molecule has 0 radical (unpaired) electrons. The Hall–Kier alpha value is -6.32. The minimum Gasteiger partial charge on any atom is -0.0610 e. The smallest absolute Gasteiger partial charge is 0.0216 e. The average molecular weight is 1030 g/mol. The van der Waals surface area contributed by atoms with Crippen LogP contribution in [0.4, 0.5) is 0 Å². The van der Waals surface area contributed by atoms with Crippen LogP contribution in [0.25, 0.3) is 109 Å². The quantitative estimate of drug-likeness (QED) is 0.151. The van der Waals surface area contributed by atoms with Crippen molar-refractivity contribution in [3.8, 4) is 44.5 Å². The van der Waals surface area contributed by atoms with Crippen molar-refractivity contribution in [3.63, 3.8) is 0 Å². The molecule has 0 aromatic heterocycles. The summed E-state index contributed by atoms with van der Waals surface area (Å²) >= 11 is 7.33. The van der Waals surface area contributed by atoms with Gasteiger partial charge in [-0.1, -0.05) is 210 Å². The van der Waals surface area contributed by atoms with Crippen molar-refractivity contribution in [2.45, 2.75) is 75.0 Å². The zero-order chi connectivity index (χ0) is 46.3. The van der Waals surface area contributed by atoms with Gasteiger partial charge in [0.2, 0.25) is 0 Å². The monoisotopic (exact) mass is 1020 g/mol. The van der Waals surface area contributed by atoms with Crippen LogP contribution in [-0.2, 0) is 10.8 Å². The van der Waals surface area contributed by atoms with Crippen LogP contribution in [-0.4, -0.2) is 0 Å². The molecule has 4 aliphatic carbocycles. The zero-order valence-electron chi connectivity index (χ0n) is 39.1. The molecule has 0 aliphatic heterocycles. The van der Waals surface area contributed by atoms with E-state index in [1.165, 1.54) is 182 Å². The van der Waals surface area contributed by atoms with E-state index in [0.717, 1.165) is 0 Å². The van der Waals surface area contributed by atoms with Gasteiger partial charge in [0.05, 0.1) is 0 Å². The first-order chi connectivity index (χ1) is 34.5. The number of fused-ring (bicyclic) bond motifs is 10. The van der Waals surface area contributed by atoms with E-state index in [0.29, 0.717) is 0 Å². The van der Waals surface area contributed by atoms with Crippen LogP contribution in [0, 0.1) is 0 Å². The van der Waals surface area contributed by atoms with Gasteiger partial charge in [-0.05, 0) is 200 Å². The molecule has 12 aromatic carbocycles. The Morgan fingerprint density at radius 3 is 1.19 bits per heavy atom. The summed E-state index contributed by atoms with van der Waals surface area (Å²) < 4.78 is 2.40. The van der Waals surface area contributed by atoms with Crippen LogP contribution in [0.15, 0.2) is 191 Å². The van der Waals surface area contributed by atoms with Gasteiger partial charge in [0.15, 0.2) is 0 Å². The molecule has 0 N–H and O–H groups in total. The highest BCUT2D eigenvalue weighted by molar-refractivity contribution is 9.10. The van der Waals surface area contributed by atoms with Crippen LogP contribution in [0.3, 0.4) is 0 Å². The summed E-state index contributed by atoms with van der Waals surface area (Å²) in [7, 11) is 0. The average Bonchev–Trinajstić information content (AvgIpc) is 3.81. The Labute approximate surface area is 426 Å². The summed E-state index contributed by atoms with van der Waals surface area (Å²) in [6.07, 6.45) is 13.0. The Bertz CT molecular complexity index is 4030. The molecule has 0 heterocycles. The lowest BCUT2D eigenvalue weighted by molar-refractivity contribution is 0.352. The van der Waals surface area contributed by atoms with Gasteiger partial charge < -0.3 is 0 Å². The number of halogens is 2. The zero-order valence-corrected chi connectivity index (χ0v) is 42.3. The maximum Gasteiger partial charge on any atom is 0.0216 e. The predicted octanol–water partition coefficient (Wildman–Crippen LogP) is 20.5. The maximum atomic E-state index is 3.66. The molecule has 2 saturated carbocycles. The molecule has 0 atom stereocenters. The fraction of sp³-hybridized carbons (Fsp3) is 0.176. The highest BCUT2D eigenvalue weighted by atomic mass is 79.9. The largest absolute Gasteiger partial charge is 0.0610 e. The number of hydrogen-bond donors (Lipinski definition) is 0. The molecule has 4 aliphatic rings. The number of benzene rings is 12. The second-order valence-electron chi connectivity index (χ2n) is 21.1. The normalized spacial score (nSPS) is 16.4. The molecule has 12 aromatic rings. The minimum absolute atomic E-state index is 0.0535. The third kappa shape index (κ3) is 5.93.